The Morgan fingerprint density at radius 1 is 0.309 bits per heavy atom. The molecule has 0 radical (unpaired) electrons. The van der Waals surface area contributed by atoms with Gasteiger partial charge in [0.15, 0.2) is 0 Å². The molecule has 328 valence electrons. The fraction of sp³-hybridized carbons (Fsp3) is 0.964. The molecule has 1 unspecified atom stereocenters. The smallest absolute Gasteiger partial charge is 0.00541 e. The number of unbranched alkanes of at least 4 members (excludes halogenated alkanes) is 35. The fourth-order valence-electron chi connectivity index (χ4n) is 10.7. The van der Waals surface area contributed by atoms with Crippen molar-refractivity contribution in [2.75, 3.05) is 0 Å². The number of allylic oxidation sites excluding steroid dienone is 2. The van der Waals surface area contributed by atoms with Crippen LogP contribution >= 0.6 is 0 Å². The van der Waals surface area contributed by atoms with Crippen LogP contribution in [0.25, 0.3) is 0 Å². The lowest BCUT2D eigenvalue weighted by Crippen LogP contribution is -2.29. The summed E-state index contributed by atoms with van der Waals surface area (Å²) in [6, 6.07) is 0. The number of hydrogen-bond donors (Lipinski definition) is 0. The van der Waals surface area contributed by atoms with Crippen molar-refractivity contribution in [2.45, 2.75) is 330 Å². The molecule has 0 amide bonds. The van der Waals surface area contributed by atoms with E-state index in [1.54, 1.807) is 0 Å². The Morgan fingerprint density at radius 2 is 0.582 bits per heavy atom. The van der Waals surface area contributed by atoms with Gasteiger partial charge in [-0.15, -0.1) is 0 Å². The molecule has 0 nitrogen and oxygen atoms in total. The monoisotopic (exact) mass is 769 g/mol. The van der Waals surface area contributed by atoms with Gasteiger partial charge in [0.05, 0.1) is 0 Å². The van der Waals surface area contributed by atoms with Crippen molar-refractivity contribution in [3.05, 3.63) is 11.1 Å². The molecule has 0 aliphatic heterocycles. The summed E-state index contributed by atoms with van der Waals surface area (Å²) in [5.74, 6) is 0.954. The van der Waals surface area contributed by atoms with Gasteiger partial charge in [0.2, 0.25) is 0 Å². The molecule has 1 atom stereocenters. The summed E-state index contributed by atoms with van der Waals surface area (Å²) in [5, 5.41) is 0. The van der Waals surface area contributed by atoms with E-state index >= 15 is 0 Å². The Kier molecular flexibility index (Phi) is 38.9. The van der Waals surface area contributed by atoms with E-state index in [2.05, 4.69) is 40.2 Å². The first kappa shape index (κ1) is 52.8. The summed E-state index contributed by atoms with van der Waals surface area (Å²) in [6.45, 7) is 11.8. The Morgan fingerprint density at radius 3 is 0.927 bits per heavy atom. The van der Waals surface area contributed by atoms with Crippen LogP contribution in [0.1, 0.15) is 330 Å². The topological polar surface area (TPSA) is 0 Å². The normalized spacial score (nSPS) is 15.5. The molecule has 0 aromatic rings. The van der Waals surface area contributed by atoms with E-state index in [9.17, 15) is 0 Å². The lowest BCUT2D eigenvalue weighted by molar-refractivity contribution is 0.165. The van der Waals surface area contributed by atoms with E-state index in [1.807, 2.05) is 5.57 Å². The second-order valence-electron chi connectivity index (χ2n) is 19.3. The van der Waals surface area contributed by atoms with E-state index in [0.29, 0.717) is 5.41 Å². The first-order valence-electron chi connectivity index (χ1n) is 26.9. The molecule has 55 heavy (non-hydrogen) atoms. The Balaban J connectivity index is 3.17. The van der Waals surface area contributed by atoms with Gasteiger partial charge in [-0.1, -0.05) is 290 Å². The molecule has 0 aromatic carbocycles. The van der Waals surface area contributed by atoms with Gasteiger partial charge in [0, 0.05) is 0 Å². The quantitative estimate of drug-likeness (QED) is 0.0427. The Hall–Kier alpha value is -0.260. The third-order valence-electron chi connectivity index (χ3n) is 14.3. The van der Waals surface area contributed by atoms with Crippen LogP contribution < -0.4 is 0 Å². The van der Waals surface area contributed by atoms with Gasteiger partial charge < -0.3 is 0 Å². The highest BCUT2D eigenvalue weighted by atomic mass is 14.5. The van der Waals surface area contributed by atoms with Crippen LogP contribution in [0.3, 0.4) is 0 Å². The lowest BCUT2D eigenvalue weighted by atomic mass is 9.64. The van der Waals surface area contributed by atoms with Gasteiger partial charge in [-0.25, -0.2) is 0 Å². The maximum Gasteiger partial charge on any atom is -0.00541 e. The highest BCUT2D eigenvalue weighted by molar-refractivity contribution is 5.31. The average Bonchev–Trinajstić information content (AvgIpc) is 3.47. The van der Waals surface area contributed by atoms with E-state index in [4.69, 9.17) is 0 Å². The number of rotatable bonds is 45. The molecule has 0 fully saturated rings. The van der Waals surface area contributed by atoms with Crippen LogP contribution in [0.4, 0.5) is 0 Å². The van der Waals surface area contributed by atoms with Gasteiger partial charge >= 0.3 is 0 Å². The largest absolute Gasteiger partial charge is 0.0701 e. The third-order valence-corrected chi connectivity index (χ3v) is 14.3. The van der Waals surface area contributed by atoms with Crippen molar-refractivity contribution in [1.29, 1.82) is 0 Å². The van der Waals surface area contributed by atoms with E-state index in [0.717, 1.165) is 5.92 Å². The molecule has 1 aliphatic rings. The van der Waals surface area contributed by atoms with Crippen LogP contribution in [-0.2, 0) is 0 Å². The molecule has 0 spiro atoms. The Bertz CT molecular complexity index is 768. The molecule has 0 saturated carbocycles. The molecular formula is C55H108. The van der Waals surface area contributed by atoms with Crippen molar-refractivity contribution in [1.82, 2.24) is 0 Å². The molecule has 0 heterocycles. The molecule has 0 N–H and O–H groups in total. The zero-order valence-corrected chi connectivity index (χ0v) is 39.6. The van der Waals surface area contributed by atoms with Gasteiger partial charge in [0.1, 0.15) is 0 Å². The van der Waals surface area contributed by atoms with Crippen LogP contribution in [0, 0.1) is 11.3 Å². The van der Waals surface area contributed by atoms with E-state index in [1.165, 1.54) is 295 Å². The lowest BCUT2D eigenvalue weighted by Gasteiger charge is -2.40. The van der Waals surface area contributed by atoms with Crippen LogP contribution in [-0.4, -0.2) is 0 Å². The van der Waals surface area contributed by atoms with Crippen LogP contribution in [0.2, 0.25) is 0 Å². The van der Waals surface area contributed by atoms with Crippen molar-refractivity contribution in [2.24, 2.45) is 11.3 Å². The second kappa shape index (κ2) is 40.5. The van der Waals surface area contributed by atoms with Gasteiger partial charge in [-0.2, -0.15) is 0 Å². The maximum atomic E-state index is 2.36. The summed E-state index contributed by atoms with van der Waals surface area (Å²) in [6.07, 6.45) is 67.5. The van der Waals surface area contributed by atoms with E-state index in [-0.39, 0.29) is 0 Å². The third kappa shape index (κ3) is 28.0. The highest BCUT2D eigenvalue weighted by Crippen LogP contribution is 2.58. The highest BCUT2D eigenvalue weighted by Gasteiger charge is 2.46. The molecule has 0 bridgehead atoms. The van der Waals surface area contributed by atoms with Gasteiger partial charge in [-0.3, -0.25) is 0 Å². The average molecular weight is 769 g/mol. The zero-order valence-electron chi connectivity index (χ0n) is 39.6. The predicted octanol–water partition coefficient (Wildman–Crippen LogP) is 20.9. The van der Waals surface area contributed by atoms with Crippen molar-refractivity contribution >= 4 is 0 Å². The maximum absolute atomic E-state index is 2.36. The summed E-state index contributed by atoms with van der Waals surface area (Å²) < 4.78 is 0. The Labute approximate surface area is 351 Å². The molecule has 1 aliphatic carbocycles. The molecular weight excluding hydrogens is 661 g/mol. The minimum atomic E-state index is 0.544. The minimum absolute atomic E-state index is 0.544. The standard InChI is InChI=1S/C55H108/c1-6-11-16-21-26-31-36-41-46-52-51-53(47-42-37-32-27-22-17-12-7-2)55(49-44-39-34-29-24-19-14-9-4,50-45-40-35-30-25-20-15-10-5)54(52)48-43-38-33-28-23-18-13-8-3/h53H,6-51H2,1-5H3. The molecule has 0 saturated heterocycles. The predicted molar refractivity (Wildman–Crippen MR) is 254 cm³/mol. The summed E-state index contributed by atoms with van der Waals surface area (Å²) >= 11 is 0. The first-order valence-corrected chi connectivity index (χ1v) is 26.9. The van der Waals surface area contributed by atoms with E-state index < -0.39 is 0 Å². The fourth-order valence-corrected chi connectivity index (χ4v) is 10.7. The van der Waals surface area contributed by atoms with Crippen molar-refractivity contribution < 1.29 is 0 Å². The molecule has 0 heteroatoms. The zero-order chi connectivity index (χ0) is 39.8. The minimum Gasteiger partial charge on any atom is -0.0701 e. The van der Waals surface area contributed by atoms with Gasteiger partial charge in [-0.05, 0) is 62.7 Å². The molecule has 0 aromatic heterocycles. The molecule has 1 rings (SSSR count). The SMILES string of the molecule is CCCCCCCCCCC1=C(CCCCCCCCCC)C(CCCCCCCCCC)(CCCCCCCCCC)C(CCCCCCCCCC)C1. The summed E-state index contributed by atoms with van der Waals surface area (Å²) in [4.78, 5) is 0. The van der Waals surface area contributed by atoms with Crippen LogP contribution in [0.15, 0.2) is 11.1 Å². The number of hydrogen-bond acceptors (Lipinski definition) is 0. The summed E-state index contributed by atoms with van der Waals surface area (Å²) in [7, 11) is 0. The van der Waals surface area contributed by atoms with Gasteiger partial charge in [0.25, 0.3) is 0 Å². The van der Waals surface area contributed by atoms with Crippen LogP contribution in [0.5, 0.6) is 0 Å². The summed E-state index contributed by atoms with van der Waals surface area (Å²) in [5.41, 5.74) is 4.66. The first-order chi connectivity index (χ1) is 27.2. The van der Waals surface area contributed by atoms with Crippen molar-refractivity contribution in [3.63, 3.8) is 0 Å². The van der Waals surface area contributed by atoms with Crippen molar-refractivity contribution in [3.8, 4) is 0 Å². The second-order valence-corrected chi connectivity index (χ2v) is 19.3.